The van der Waals surface area contributed by atoms with Crippen molar-refractivity contribution in [3.8, 4) is 0 Å². The van der Waals surface area contributed by atoms with E-state index in [-0.39, 0.29) is 17.8 Å². The topological polar surface area (TPSA) is 46.2 Å². The van der Waals surface area contributed by atoms with E-state index >= 15 is 0 Å². The first-order valence-electron chi connectivity index (χ1n) is 7.33. The Morgan fingerprint density at radius 2 is 1.57 bits per heavy atom. The highest BCUT2D eigenvalue weighted by molar-refractivity contribution is 6.24. The van der Waals surface area contributed by atoms with Crippen LogP contribution in [0.1, 0.15) is 35.3 Å². The molecule has 23 heavy (non-hydrogen) atoms. The first-order chi connectivity index (χ1) is 11.0. The Bertz CT molecular complexity index is 716. The van der Waals surface area contributed by atoms with Crippen molar-refractivity contribution in [3.63, 3.8) is 0 Å². The van der Waals surface area contributed by atoms with E-state index in [0.717, 1.165) is 11.8 Å². The molecule has 4 heteroatoms. The van der Waals surface area contributed by atoms with E-state index in [4.69, 9.17) is 0 Å². The minimum absolute atomic E-state index is 0.0104. The van der Waals surface area contributed by atoms with Crippen LogP contribution in [0.5, 0.6) is 0 Å². The van der Waals surface area contributed by atoms with Crippen LogP contribution in [0.3, 0.4) is 0 Å². The molecule has 0 atom stereocenters. The fraction of sp³-hybridized carbons (Fsp3) is 0.158. The van der Waals surface area contributed by atoms with Gasteiger partial charge in [0.1, 0.15) is 12.1 Å². The molecule has 0 radical (unpaired) electrons. The summed E-state index contributed by atoms with van der Waals surface area (Å²) in [5, 5.41) is 2.84. The molecule has 0 unspecified atom stereocenters. The van der Waals surface area contributed by atoms with Crippen LogP contribution < -0.4 is 5.32 Å². The number of rotatable bonds is 5. The average Bonchev–Trinajstić information content (AvgIpc) is 2.53. The lowest BCUT2D eigenvalue weighted by Crippen LogP contribution is -2.30. The quantitative estimate of drug-likeness (QED) is 0.520. The molecule has 118 valence electrons. The van der Waals surface area contributed by atoms with Crippen LogP contribution in [0.2, 0.25) is 0 Å². The summed E-state index contributed by atoms with van der Waals surface area (Å²) in [7, 11) is 0. The van der Waals surface area contributed by atoms with E-state index in [1.54, 1.807) is 42.5 Å². The van der Waals surface area contributed by atoms with Gasteiger partial charge < -0.3 is 5.32 Å². The molecule has 0 aliphatic rings. The van der Waals surface area contributed by atoms with Crippen molar-refractivity contribution in [2.24, 2.45) is 0 Å². The highest BCUT2D eigenvalue weighted by Gasteiger charge is 2.13. The number of hydrogen-bond donors (Lipinski definition) is 1. The Morgan fingerprint density at radius 1 is 1.00 bits per heavy atom. The van der Waals surface area contributed by atoms with Crippen molar-refractivity contribution in [2.75, 3.05) is 0 Å². The van der Waals surface area contributed by atoms with Gasteiger partial charge in [-0.15, -0.1) is 0 Å². The van der Waals surface area contributed by atoms with Crippen LogP contribution in [0.4, 0.5) is 4.39 Å². The highest BCUT2D eigenvalue weighted by atomic mass is 19.1. The molecule has 0 saturated heterocycles. The van der Waals surface area contributed by atoms with Crippen molar-refractivity contribution in [1.82, 2.24) is 5.32 Å². The van der Waals surface area contributed by atoms with Gasteiger partial charge in [-0.3, -0.25) is 9.59 Å². The van der Waals surface area contributed by atoms with E-state index in [1.807, 2.05) is 13.8 Å². The molecule has 1 N–H and O–H groups in total. The predicted molar refractivity (Wildman–Crippen MR) is 89.4 cm³/mol. The zero-order chi connectivity index (χ0) is 16.8. The highest BCUT2D eigenvalue weighted by Crippen LogP contribution is 2.20. The van der Waals surface area contributed by atoms with E-state index in [2.05, 4.69) is 5.32 Å². The number of halogens is 1. The third-order valence-corrected chi connectivity index (χ3v) is 3.20. The number of benzene rings is 2. The lowest BCUT2D eigenvalue weighted by molar-refractivity contribution is -0.116. The summed E-state index contributed by atoms with van der Waals surface area (Å²) in [5.41, 5.74) is 2.42. The fourth-order valence-corrected chi connectivity index (χ4v) is 2.09. The second kappa shape index (κ2) is 7.49. The molecule has 0 bridgehead atoms. The van der Waals surface area contributed by atoms with Crippen LogP contribution in [-0.4, -0.2) is 18.2 Å². The molecule has 1 amide bonds. The Kier molecular flexibility index (Phi) is 5.41. The molecule has 2 rings (SSSR count). The SMILES string of the molecule is CC(C)NC(=O)/C(=C/c1ccc(C=O)cc1)c1ccc(F)cc1. The van der Waals surface area contributed by atoms with Gasteiger partial charge in [0.2, 0.25) is 0 Å². The number of hydrogen-bond acceptors (Lipinski definition) is 2. The molecular formula is C19H18FNO2. The predicted octanol–water partition coefficient (Wildman–Crippen LogP) is 3.70. The first-order valence-corrected chi connectivity index (χ1v) is 7.33. The van der Waals surface area contributed by atoms with Gasteiger partial charge >= 0.3 is 0 Å². The van der Waals surface area contributed by atoms with E-state index < -0.39 is 0 Å². The van der Waals surface area contributed by atoms with E-state index in [1.165, 1.54) is 12.1 Å². The van der Waals surface area contributed by atoms with E-state index in [9.17, 15) is 14.0 Å². The van der Waals surface area contributed by atoms with Crippen LogP contribution in [0.25, 0.3) is 11.6 Å². The van der Waals surface area contributed by atoms with E-state index in [0.29, 0.717) is 16.7 Å². The summed E-state index contributed by atoms with van der Waals surface area (Å²) in [6.45, 7) is 3.75. The first kappa shape index (κ1) is 16.6. The van der Waals surface area contributed by atoms with Gasteiger partial charge in [-0.2, -0.15) is 0 Å². The van der Waals surface area contributed by atoms with Crippen LogP contribution in [0, 0.1) is 5.82 Å². The number of aldehydes is 1. The monoisotopic (exact) mass is 311 g/mol. The van der Waals surface area contributed by atoms with Crippen molar-refractivity contribution >= 4 is 23.8 Å². The maximum absolute atomic E-state index is 13.1. The number of carbonyl (C=O) groups is 2. The van der Waals surface area contributed by atoms with Crippen LogP contribution >= 0.6 is 0 Å². The molecular weight excluding hydrogens is 293 g/mol. The minimum Gasteiger partial charge on any atom is -0.350 e. The number of nitrogens with one attached hydrogen (secondary N) is 1. The molecule has 2 aromatic rings. The summed E-state index contributed by atoms with van der Waals surface area (Å²) in [4.78, 5) is 23.1. The Morgan fingerprint density at radius 3 is 2.09 bits per heavy atom. The van der Waals surface area contributed by atoms with Gasteiger partial charge in [0.05, 0.1) is 0 Å². The largest absolute Gasteiger partial charge is 0.350 e. The summed E-state index contributed by atoms with van der Waals surface area (Å²) in [6, 6.07) is 12.7. The Balaban J connectivity index is 2.42. The maximum atomic E-state index is 13.1. The minimum atomic E-state index is -0.354. The molecule has 0 aliphatic heterocycles. The number of amides is 1. The zero-order valence-electron chi connectivity index (χ0n) is 13.0. The van der Waals surface area contributed by atoms with Gasteiger partial charge in [-0.05, 0) is 43.2 Å². The van der Waals surface area contributed by atoms with Gasteiger partial charge in [-0.25, -0.2) is 4.39 Å². The fourth-order valence-electron chi connectivity index (χ4n) is 2.09. The molecule has 0 spiro atoms. The number of carbonyl (C=O) groups excluding carboxylic acids is 2. The lowest BCUT2D eigenvalue weighted by Gasteiger charge is -2.12. The smallest absolute Gasteiger partial charge is 0.252 e. The zero-order valence-corrected chi connectivity index (χ0v) is 13.0. The van der Waals surface area contributed by atoms with Crippen molar-refractivity contribution in [3.05, 3.63) is 71.0 Å². The lowest BCUT2D eigenvalue weighted by atomic mass is 10.0. The second-order valence-corrected chi connectivity index (χ2v) is 5.48. The summed E-state index contributed by atoms with van der Waals surface area (Å²) in [5.74, 6) is -0.584. The molecule has 0 heterocycles. The van der Waals surface area contributed by atoms with Gasteiger partial charge in [0, 0.05) is 17.2 Å². The van der Waals surface area contributed by atoms with Crippen LogP contribution in [-0.2, 0) is 4.79 Å². The van der Waals surface area contributed by atoms with Crippen molar-refractivity contribution in [2.45, 2.75) is 19.9 Å². The summed E-state index contributed by atoms with van der Waals surface area (Å²) in [6.07, 6.45) is 2.49. The van der Waals surface area contributed by atoms with Gasteiger partial charge in [-0.1, -0.05) is 36.4 Å². The Hall–Kier alpha value is -2.75. The normalized spacial score (nSPS) is 11.4. The summed E-state index contributed by atoms with van der Waals surface area (Å²) < 4.78 is 13.1. The third kappa shape index (κ3) is 4.61. The van der Waals surface area contributed by atoms with Crippen molar-refractivity contribution < 1.29 is 14.0 Å². The maximum Gasteiger partial charge on any atom is 0.252 e. The molecule has 3 nitrogen and oxygen atoms in total. The van der Waals surface area contributed by atoms with Crippen LogP contribution in [0.15, 0.2) is 48.5 Å². The molecule has 0 fully saturated rings. The second-order valence-electron chi connectivity index (χ2n) is 5.48. The molecule has 0 saturated carbocycles. The average molecular weight is 311 g/mol. The molecule has 0 aliphatic carbocycles. The van der Waals surface area contributed by atoms with Gasteiger partial charge in [0.25, 0.3) is 5.91 Å². The van der Waals surface area contributed by atoms with Crippen molar-refractivity contribution in [1.29, 1.82) is 0 Å². The summed E-state index contributed by atoms with van der Waals surface area (Å²) >= 11 is 0. The standard InChI is InChI=1S/C19H18FNO2/c1-13(2)21-19(23)18(16-7-9-17(20)10-8-16)11-14-3-5-15(12-22)6-4-14/h3-13H,1-2H3,(H,21,23)/b18-11+. The molecule has 2 aromatic carbocycles. The molecule has 0 aromatic heterocycles. The van der Waals surface area contributed by atoms with Gasteiger partial charge in [0.15, 0.2) is 0 Å². The third-order valence-electron chi connectivity index (χ3n) is 3.20. The Labute approximate surface area is 134 Å².